The molecule has 0 heterocycles. The van der Waals surface area contributed by atoms with Crippen molar-refractivity contribution in [3.63, 3.8) is 0 Å². The van der Waals surface area contributed by atoms with Crippen LogP contribution in [0.15, 0.2) is 54.6 Å². The number of rotatable bonds is 4. The van der Waals surface area contributed by atoms with Gasteiger partial charge in [-0.15, -0.1) is 0 Å². The maximum atomic E-state index is 12.6. The highest BCUT2D eigenvalue weighted by molar-refractivity contribution is 5.91. The maximum Gasteiger partial charge on any atom is 0.157 e. The molecule has 0 spiro atoms. The molecule has 0 aliphatic heterocycles. The van der Waals surface area contributed by atoms with Crippen molar-refractivity contribution >= 4 is 5.78 Å². The predicted octanol–water partition coefficient (Wildman–Crippen LogP) is 3.73. The second-order valence-electron chi connectivity index (χ2n) is 5.89. The van der Waals surface area contributed by atoms with Crippen molar-refractivity contribution in [2.45, 2.75) is 38.3 Å². The van der Waals surface area contributed by atoms with E-state index in [1.807, 2.05) is 24.3 Å². The van der Waals surface area contributed by atoms with Crippen LogP contribution in [0.5, 0.6) is 0 Å². The SMILES string of the molecule is Cc1cccc(C2(NCc3ccccc3)CCCC2=O)c1. The molecule has 21 heavy (non-hydrogen) atoms. The number of carbonyl (C=O) groups is 1. The van der Waals surface area contributed by atoms with Gasteiger partial charge in [-0.3, -0.25) is 10.1 Å². The normalized spacial score (nSPS) is 21.7. The Morgan fingerprint density at radius 1 is 1.10 bits per heavy atom. The molecule has 2 nitrogen and oxygen atoms in total. The molecule has 2 heteroatoms. The Morgan fingerprint density at radius 2 is 1.90 bits per heavy atom. The minimum Gasteiger partial charge on any atom is -0.297 e. The molecule has 2 aromatic carbocycles. The van der Waals surface area contributed by atoms with Gasteiger partial charge in [0.1, 0.15) is 5.54 Å². The van der Waals surface area contributed by atoms with E-state index < -0.39 is 5.54 Å². The zero-order chi connectivity index (χ0) is 14.7. The van der Waals surface area contributed by atoms with Gasteiger partial charge in [-0.25, -0.2) is 0 Å². The van der Waals surface area contributed by atoms with Crippen LogP contribution in [-0.2, 0) is 16.9 Å². The number of carbonyl (C=O) groups excluding carboxylic acids is 1. The Morgan fingerprint density at radius 3 is 2.57 bits per heavy atom. The third-order valence-corrected chi connectivity index (χ3v) is 4.38. The number of hydrogen-bond donors (Lipinski definition) is 1. The summed E-state index contributed by atoms with van der Waals surface area (Å²) < 4.78 is 0. The van der Waals surface area contributed by atoms with Crippen LogP contribution in [0.3, 0.4) is 0 Å². The molecule has 1 saturated carbocycles. The fourth-order valence-corrected chi connectivity index (χ4v) is 3.22. The second-order valence-corrected chi connectivity index (χ2v) is 5.89. The van der Waals surface area contributed by atoms with Gasteiger partial charge in [0, 0.05) is 13.0 Å². The lowest BCUT2D eigenvalue weighted by Crippen LogP contribution is -2.45. The molecule has 1 atom stereocenters. The van der Waals surface area contributed by atoms with Gasteiger partial charge in [0.25, 0.3) is 0 Å². The molecule has 0 radical (unpaired) electrons. The summed E-state index contributed by atoms with van der Waals surface area (Å²) in [7, 11) is 0. The average molecular weight is 279 g/mol. The summed E-state index contributed by atoms with van der Waals surface area (Å²) in [4.78, 5) is 12.6. The Hall–Kier alpha value is -1.93. The van der Waals surface area contributed by atoms with E-state index in [0.29, 0.717) is 12.2 Å². The molecule has 2 aromatic rings. The van der Waals surface area contributed by atoms with Crippen LogP contribution in [0.2, 0.25) is 0 Å². The molecule has 1 N–H and O–H groups in total. The highest BCUT2D eigenvalue weighted by Gasteiger charge is 2.42. The lowest BCUT2D eigenvalue weighted by molar-refractivity contribution is -0.123. The molecule has 1 unspecified atom stereocenters. The molecule has 0 saturated heterocycles. The highest BCUT2D eigenvalue weighted by atomic mass is 16.1. The third kappa shape index (κ3) is 2.77. The Kier molecular flexibility index (Phi) is 3.89. The van der Waals surface area contributed by atoms with Gasteiger partial charge in [-0.05, 0) is 30.9 Å². The van der Waals surface area contributed by atoms with Crippen LogP contribution in [-0.4, -0.2) is 5.78 Å². The molecule has 1 fully saturated rings. The fraction of sp³-hybridized carbons (Fsp3) is 0.316. The van der Waals surface area contributed by atoms with Crippen LogP contribution in [0.4, 0.5) is 0 Å². The van der Waals surface area contributed by atoms with E-state index in [1.54, 1.807) is 0 Å². The van der Waals surface area contributed by atoms with E-state index in [0.717, 1.165) is 24.9 Å². The molecule has 1 aliphatic rings. The number of nitrogens with one attached hydrogen (secondary N) is 1. The summed E-state index contributed by atoms with van der Waals surface area (Å²) in [5.41, 5.74) is 3.03. The van der Waals surface area contributed by atoms with Gasteiger partial charge >= 0.3 is 0 Å². The number of Topliss-reactive ketones (excluding diaryl/α,β-unsaturated/α-hetero) is 1. The van der Waals surface area contributed by atoms with E-state index in [2.05, 4.69) is 42.6 Å². The van der Waals surface area contributed by atoms with Gasteiger partial charge in [0.2, 0.25) is 0 Å². The molecule has 108 valence electrons. The first-order chi connectivity index (χ1) is 10.2. The van der Waals surface area contributed by atoms with E-state index >= 15 is 0 Å². The van der Waals surface area contributed by atoms with Crippen molar-refractivity contribution in [3.8, 4) is 0 Å². The molecule has 3 rings (SSSR count). The van der Waals surface area contributed by atoms with Crippen molar-refractivity contribution in [1.29, 1.82) is 0 Å². The summed E-state index contributed by atoms with van der Waals surface area (Å²) in [5.74, 6) is 0.323. The second kappa shape index (κ2) is 5.82. The molecule has 1 aliphatic carbocycles. The number of aryl methyl sites for hydroxylation is 1. The van der Waals surface area contributed by atoms with E-state index in [1.165, 1.54) is 11.1 Å². The molecular weight excluding hydrogens is 258 g/mol. The maximum absolute atomic E-state index is 12.6. The lowest BCUT2D eigenvalue weighted by Gasteiger charge is -2.30. The van der Waals surface area contributed by atoms with Gasteiger partial charge in [0.15, 0.2) is 5.78 Å². The van der Waals surface area contributed by atoms with E-state index in [9.17, 15) is 4.79 Å². The summed E-state index contributed by atoms with van der Waals surface area (Å²) in [6.07, 6.45) is 2.53. The first kappa shape index (κ1) is 14.0. The Labute approximate surface area is 126 Å². The van der Waals surface area contributed by atoms with Gasteiger partial charge < -0.3 is 0 Å². The predicted molar refractivity (Wildman–Crippen MR) is 85.0 cm³/mol. The largest absolute Gasteiger partial charge is 0.297 e. The monoisotopic (exact) mass is 279 g/mol. The summed E-state index contributed by atoms with van der Waals surface area (Å²) in [6, 6.07) is 18.6. The van der Waals surface area contributed by atoms with Crippen molar-refractivity contribution in [3.05, 3.63) is 71.3 Å². The van der Waals surface area contributed by atoms with Crippen molar-refractivity contribution in [2.24, 2.45) is 0 Å². The Bertz CT molecular complexity index is 635. The molecular formula is C19H21NO. The highest BCUT2D eigenvalue weighted by Crippen LogP contribution is 2.36. The van der Waals surface area contributed by atoms with Crippen LogP contribution >= 0.6 is 0 Å². The summed E-state index contributed by atoms with van der Waals surface area (Å²) >= 11 is 0. The number of hydrogen-bond acceptors (Lipinski definition) is 2. The molecule has 0 aromatic heterocycles. The molecule has 0 amide bonds. The van der Waals surface area contributed by atoms with Crippen molar-refractivity contribution < 1.29 is 4.79 Å². The lowest BCUT2D eigenvalue weighted by atomic mass is 9.86. The third-order valence-electron chi connectivity index (χ3n) is 4.38. The smallest absolute Gasteiger partial charge is 0.157 e. The first-order valence-corrected chi connectivity index (χ1v) is 7.60. The van der Waals surface area contributed by atoms with Gasteiger partial charge in [0.05, 0.1) is 0 Å². The van der Waals surface area contributed by atoms with Crippen molar-refractivity contribution in [1.82, 2.24) is 5.32 Å². The van der Waals surface area contributed by atoms with E-state index in [-0.39, 0.29) is 0 Å². The minimum absolute atomic E-state index is 0.323. The molecule has 0 bridgehead atoms. The van der Waals surface area contributed by atoms with E-state index in [4.69, 9.17) is 0 Å². The average Bonchev–Trinajstić information content (AvgIpc) is 2.88. The minimum atomic E-state index is -0.498. The van der Waals surface area contributed by atoms with Crippen molar-refractivity contribution in [2.75, 3.05) is 0 Å². The number of ketones is 1. The first-order valence-electron chi connectivity index (χ1n) is 7.60. The number of benzene rings is 2. The van der Waals surface area contributed by atoms with Crippen LogP contribution in [0.1, 0.15) is 36.0 Å². The Balaban J connectivity index is 1.89. The quantitative estimate of drug-likeness (QED) is 0.924. The topological polar surface area (TPSA) is 29.1 Å². The zero-order valence-electron chi connectivity index (χ0n) is 12.4. The van der Waals surface area contributed by atoms with Gasteiger partial charge in [-0.1, -0.05) is 60.2 Å². The fourth-order valence-electron chi connectivity index (χ4n) is 3.22. The van der Waals surface area contributed by atoms with Crippen LogP contribution in [0.25, 0.3) is 0 Å². The standard InChI is InChI=1S/C19H21NO/c1-15-7-5-10-17(13-15)19(12-6-11-18(19)21)20-14-16-8-3-2-4-9-16/h2-5,7-10,13,20H,6,11-12,14H2,1H3. The van der Waals surface area contributed by atoms with Gasteiger partial charge in [-0.2, -0.15) is 0 Å². The zero-order valence-corrected chi connectivity index (χ0v) is 12.4. The van der Waals surface area contributed by atoms with Crippen LogP contribution in [0, 0.1) is 6.92 Å². The van der Waals surface area contributed by atoms with Crippen LogP contribution < -0.4 is 5.32 Å². The summed E-state index contributed by atoms with van der Waals surface area (Å²) in [6.45, 7) is 2.80. The summed E-state index contributed by atoms with van der Waals surface area (Å²) in [5, 5.41) is 3.56.